The Labute approximate surface area is 204 Å². The first kappa shape index (κ1) is 22.6. The molecule has 34 heavy (non-hydrogen) atoms. The summed E-state index contributed by atoms with van der Waals surface area (Å²) in [5.74, 6) is 0.568. The average Bonchev–Trinajstić information content (AvgIpc) is 3.09. The summed E-state index contributed by atoms with van der Waals surface area (Å²) in [5, 5.41) is 1.55. The molecule has 1 unspecified atom stereocenters. The van der Waals surface area contributed by atoms with Gasteiger partial charge in [0.2, 0.25) is 0 Å². The van der Waals surface area contributed by atoms with Crippen LogP contribution >= 0.6 is 23.1 Å². The van der Waals surface area contributed by atoms with E-state index in [1.54, 1.807) is 10.6 Å². The molecule has 3 aromatic heterocycles. The Morgan fingerprint density at radius 2 is 1.79 bits per heavy atom. The number of thiophene rings is 1. The van der Waals surface area contributed by atoms with Gasteiger partial charge in [0.15, 0.2) is 5.16 Å². The van der Waals surface area contributed by atoms with E-state index in [0.29, 0.717) is 27.3 Å². The predicted molar refractivity (Wildman–Crippen MR) is 141 cm³/mol. The zero-order valence-corrected chi connectivity index (χ0v) is 21.2. The van der Waals surface area contributed by atoms with Crippen LogP contribution in [0.25, 0.3) is 26.8 Å². The fourth-order valence-corrected chi connectivity index (χ4v) is 6.06. The summed E-state index contributed by atoms with van der Waals surface area (Å²) in [7, 11) is 0. The summed E-state index contributed by atoms with van der Waals surface area (Å²) in [4.78, 5) is 40.9. The lowest BCUT2D eigenvalue weighted by Gasteiger charge is -2.18. The van der Waals surface area contributed by atoms with E-state index < -0.39 is 0 Å². The molecule has 0 saturated carbocycles. The van der Waals surface area contributed by atoms with Crippen molar-refractivity contribution in [3.05, 3.63) is 90.6 Å². The highest BCUT2D eigenvalue weighted by atomic mass is 32.2. The number of aromatic amines is 1. The van der Waals surface area contributed by atoms with Gasteiger partial charge in [-0.25, -0.2) is 9.97 Å². The molecule has 0 amide bonds. The van der Waals surface area contributed by atoms with Crippen molar-refractivity contribution in [3.63, 3.8) is 0 Å². The molecule has 1 atom stereocenters. The first-order chi connectivity index (χ1) is 16.2. The molecule has 0 aliphatic heterocycles. The molecule has 0 aliphatic rings. The first-order valence-corrected chi connectivity index (χ1v) is 12.7. The van der Waals surface area contributed by atoms with E-state index in [2.05, 4.69) is 4.98 Å². The Balaban J connectivity index is 1.68. The number of fused-ring (bicyclic) bond motifs is 2. The number of rotatable bonds is 4. The van der Waals surface area contributed by atoms with Crippen LogP contribution in [0.5, 0.6) is 0 Å². The number of nitrogens with zero attached hydrogens (tertiary/aromatic N) is 3. The van der Waals surface area contributed by atoms with Crippen LogP contribution in [0.4, 0.5) is 0 Å². The predicted octanol–water partition coefficient (Wildman–Crippen LogP) is 5.77. The van der Waals surface area contributed by atoms with Crippen LogP contribution in [0.3, 0.4) is 0 Å². The maximum absolute atomic E-state index is 13.6. The standard InChI is InChI=1S/C26H24N4O2S2/c1-13-10-11-14(2)20(12-13)30-25(32)18-8-6-7-9-19(18)27-26(30)34-17(5)22-28-23(31)21-15(3)16(4)33-24(21)29-22/h6-12,17H,1-5H3,(H,28,29,31). The third-order valence-corrected chi connectivity index (χ3v) is 8.24. The summed E-state index contributed by atoms with van der Waals surface area (Å²) in [6.07, 6.45) is 0. The van der Waals surface area contributed by atoms with Gasteiger partial charge in [-0.3, -0.25) is 14.2 Å². The molecule has 0 spiro atoms. The second kappa shape index (κ2) is 8.52. The molecule has 3 heterocycles. The number of H-pyrrole nitrogens is 1. The van der Waals surface area contributed by atoms with Gasteiger partial charge in [0.25, 0.3) is 11.1 Å². The molecule has 5 rings (SSSR count). The van der Waals surface area contributed by atoms with Gasteiger partial charge in [0.05, 0.1) is 27.2 Å². The van der Waals surface area contributed by atoms with E-state index in [4.69, 9.17) is 9.97 Å². The Morgan fingerprint density at radius 3 is 2.59 bits per heavy atom. The highest BCUT2D eigenvalue weighted by Gasteiger charge is 2.21. The van der Waals surface area contributed by atoms with E-state index in [1.165, 1.54) is 23.1 Å². The number of benzene rings is 2. The molecular formula is C26H24N4O2S2. The van der Waals surface area contributed by atoms with Crippen LogP contribution in [0, 0.1) is 27.7 Å². The molecule has 8 heteroatoms. The van der Waals surface area contributed by atoms with Gasteiger partial charge in [-0.05, 0) is 69.5 Å². The van der Waals surface area contributed by atoms with E-state index in [-0.39, 0.29) is 16.4 Å². The van der Waals surface area contributed by atoms with E-state index in [9.17, 15) is 9.59 Å². The van der Waals surface area contributed by atoms with Crippen molar-refractivity contribution in [2.45, 2.75) is 45.0 Å². The summed E-state index contributed by atoms with van der Waals surface area (Å²) in [6.45, 7) is 9.91. The van der Waals surface area contributed by atoms with Crippen molar-refractivity contribution >= 4 is 44.2 Å². The van der Waals surface area contributed by atoms with Crippen LogP contribution < -0.4 is 11.1 Å². The number of aryl methyl sites for hydroxylation is 4. The third kappa shape index (κ3) is 3.76. The van der Waals surface area contributed by atoms with Gasteiger partial charge in [-0.1, -0.05) is 36.0 Å². The van der Waals surface area contributed by atoms with Crippen molar-refractivity contribution in [2.24, 2.45) is 0 Å². The topological polar surface area (TPSA) is 80.6 Å². The number of aromatic nitrogens is 4. The molecule has 0 saturated heterocycles. The Kier molecular flexibility index (Phi) is 5.65. The highest BCUT2D eigenvalue weighted by molar-refractivity contribution is 7.99. The molecule has 6 nitrogen and oxygen atoms in total. The number of para-hydroxylation sites is 1. The van der Waals surface area contributed by atoms with Gasteiger partial charge >= 0.3 is 0 Å². The minimum Gasteiger partial charge on any atom is -0.309 e. The lowest BCUT2D eigenvalue weighted by atomic mass is 10.1. The Hall–Kier alpha value is -3.23. The molecular weight excluding hydrogens is 464 g/mol. The minimum atomic E-state index is -0.232. The fraction of sp³-hybridized carbons (Fsp3) is 0.231. The summed E-state index contributed by atoms with van der Waals surface area (Å²) >= 11 is 2.94. The maximum Gasteiger partial charge on any atom is 0.266 e. The van der Waals surface area contributed by atoms with Crippen LogP contribution in [-0.4, -0.2) is 19.5 Å². The molecule has 2 aromatic carbocycles. The van der Waals surface area contributed by atoms with Gasteiger partial charge in [0, 0.05) is 4.88 Å². The molecule has 0 radical (unpaired) electrons. The lowest BCUT2D eigenvalue weighted by molar-refractivity contribution is 0.804. The SMILES string of the molecule is Cc1ccc(C)c(-n2c(SC(C)c3nc4sc(C)c(C)c4c(=O)[nH]3)nc3ccccc3c2=O)c1. The van der Waals surface area contributed by atoms with Crippen molar-refractivity contribution in [2.75, 3.05) is 0 Å². The second-order valence-electron chi connectivity index (χ2n) is 8.52. The summed E-state index contributed by atoms with van der Waals surface area (Å²) < 4.78 is 1.68. The average molecular weight is 489 g/mol. The molecule has 0 fully saturated rings. The third-order valence-electron chi connectivity index (χ3n) is 6.08. The van der Waals surface area contributed by atoms with E-state index in [1.807, 2.05) is 71.0 Å². The van der Waals surface area contributed by atoms with Gasteiger partial charge < -0.3 is 4.98 Å². The van der Waals surface area contributed by atoms with Crippen molar-refractivity contribution in [3.8, 4) is 5.69 Å². The number of nitrogens with one attached hydrogen (secondary N) is 1. The largest absolute Gasteiger partial charge is 0.309 e. The molecule has 172 valence electrons. The zero-order valence-electron chi connectivity index (χ0n) is 19.6. The van der Waals surface area contributed by atoms with Crippen molar-refractivity contribution < 1.29 is 0 Å². The quantitative estimate of drug-likeness (QED) is 0.257. The van der Waals surface area contributed by atoms with Gasteiger partial charge in [-0.2, -0.15) is 0 Å². The monoisotopic (exact) mass is 488 g/mol. The minimum absolute atomic E-state index is 0.115. The Bertz CT molecular complexity index is 1700. The van der Waals surface area contributed by atoms with E-state index in [0.717, 1.165) is 32.1 Å². The number of hydrogen-bond donors (Lipinski definition) is 1. The molecule has 0 bridgehead atoms. The fourth-order valence-electron chi connectivity index (χ4n) is 4.04. The molecule has 0 aliphatic carbocycles. The first-order valence-electron chi connectivity index (χ1n) is 11.0. The van der Waals surface area contributed by atoms with Gasteiger partial charge in [0.1, 0.15) is 10.7 Å². The van der Waals surface area contributed by atoms with Crippen LogP contribution in [0.2, 0.25) is 0 Å². The second-order valence-corrected chi connectivity index (χ2v) is 11.0. The van der Waals surface area contributed by atoms with E-state index >= 15 is 0 Å². The smallest absolute Gasteiger partial charge is 0.266 e. The van der Waals surface area contributed by atoms with Crippen LogP contribution in [-0.2, 0) is 0 Å². The zero-order chi connectivity index (χ0) is 24.1. The van der Waals surface area contributed by atoms with Crippen molar-refractivity contribution in [1.29, 1.82) is 0 Å². The maximum atomic E-state index is 13.6. The highest BCUT2D eigenvalue weighted by Crippen LogP contribution is 2.35. The van der Waals surface area contributed by atoms with Gasteiger partial charge in [-0.15, -0.1) is 11.3 Å². The van der Waals surface area contributed by atoms with Crippen molar-refractivity contribution in [1.82, 2.24) is 19.5 Å². The normalized spacial score (nSPS) is 12.5. The summed E-state index contributed by atoms with van der Waals surface area (Å²) in [5.41, 5.74) is 4.22. The lowest BCUT2D eigenvalue weighted by Crippen LogP contribution is -2.23. The van der Waals surface area contributed by atoms with Crippen LogP contribution in [0.15, 0.2) is 57.2 Å². The number of hydrogen-bond acceptors (Lipinski definition) is 6. The molecule has 5 aromatic rings. The Morgan fingerprint density at radius 1 is 1.03 bits per heavy atom. The summed E-state index contributed by atoms with van der Waals surface area (Å²) in [6, 6.07) is 13.4. The molecule has 1 N–H and O–H groups in total. The number of thioether (sulfide) groups is 1. The van der Waals surface area contributed by atoms with Crippen LogP contribution in [0.1, 0.15) is 39.6 Å².